The molecule has 5 heterocycles. The van der Waals surface area contributed by atoms with Crippen molar-refractivity contribution in [2.75, 3.05) is 0 Å². The van der Waals surface area contributed by atoms with Gasteiger partial charge >= 0.3 is 0 Å². The van der Waals surface area contributed by atoms with Gasteiger partial charge in [-0.3, -0.25) is 0 Å². The minimum atomic E-state index is 0.530. The van der Waals surface area contributed by atoms with Crippen molar-refractivity contribution in [3.8, 4) is 39.9 Å². The van der Waals surface area contributed by atoms with Crippen molar-refractivity contribution in [3.63, 3.8) is 0 Å². The van der Waals surface area contributed by atoms with Gasteiger partial charge in [-0.25, -0.2) is 15.0 Å². The third-order valence-corrected chi connectivity index (χ3v) is 11.5. The summed E-state index contributed by atoms with van der Waals surface area (Å²) >= 11 is 0. The first-order valence-electron chi connectivity index (χ1n) is 19.3. The second-order valence-electron chi connectivity index (χ2n) is 14.8. The first kappa shape index (κ1) is 31.2. The normalized spacial score (nSPS) is 12.1. The van der Waals surface area contributed by atoms with E-state index in [1.54, 1.807) is 0 Å². The van der Waals surface area contributed by atoms with Crippen LogP contribution in [0.15, 0.2) is 183 Å². The van der Waals surface area contributed by atoms with Gasteiger partial charge in [0.2, 0.25) is 0 Å². The number of para-hydroxylation sites is 4. The number of rotatable bonds is 4. The van der Waals surface area contributed by atoms with Gasteiger partial charge in [0.05, 0.1) is 11.0 Å². The van der Waals surface area contributed by atoms with Gasteiger partial charge in [0.25, 0.3) is 0 Å². The molecule has 0 N–H and O–H groups in total. The van der Waals surface area contributed by atoms with E-state index in [9.17, 15) is 0 Å². The Morgan fingerprint density at radius 2 is 0.810 bits per heavy atom. The van der Waals surface area contributed by atoms with Crippen LogP contribution in [0.4, 0.5) is 0 Å². The molecule has 13 rings (SSSR count). The molecule has 0 aliphatic rings. The number of nitrogens with zero attached hydrogens (tertiary/aromatic N) is 4. The molecular formula is C51H28N4O3. The molecule has 0 saturated heterocycles. The third kappa shape index (κ3) is 4.52. The molecule has 0 bridgehead atoms. The number of benzene rings is 8. The molecule has 0 atom stereocenters. The van der Waals surface area contributed by atoms with Gasteiger partial charge in [0.15, 0.2) is 17.5 Å². The van der Waals surface area contributed by atoms with Gasteiger partial charge < -0.3 is 17.8 Å². The molecule has 0 amide bonds. The summed E-state index contributed by atoms with van der Waals surface area (Å²) in [6.45, 7) is 0. The van der Waals surface area contributed by atoms with Crippen LogP contribution < -0.4 is 0 Å². The summed E-state index contributed by atoms with van der Waals surface area (Å²) in [7, 11) is 0. The van der Waals surface area contributed by atoms with Crippen LogP contribution in [0.1, 0.15) is 0 Å². The maximum atomic E-state index is 6.54. The SMILES string of the molecule is c1ccc2c(c1)oc1cc(-c3nc(-c4ccc5c(c4)oc4ccccc45)nc(-c4cccc5oc6ccc(-n7c8ccccc8c8ccccc87)cc6c45)n3)ccc12. The fourth-order valence-electron chi connectivity index (χ4n) is 8.83. The van der Waals surface area contributed by atoms with E-state index < -0.39 is 0 Å². The molecule has 0 spiro atoms. The number of furan rings is 3. The molecule has 58 heavy (non-hydrogen) atoms. The maximum absolute atomic E-state index is 6.54. The smallest absolute Gasteiger partial charge is 0.164 e. The Hall–Kier alpha value is -8.03. The largest absolute Gasteiger partial charge is 0.456 e. The summed E-state index contributed by atoms with van der Waals surface area (Å²) < 4.78 is 21.5. The van der Waals surface area contributed by atoms with E-state index in [2.05, 4.69) is 114 Å². The minimum Gasteiger partial charge on any atom is -0.456 e. The van der Waals surface area contributed by atoms with Crippen molar-refractivity contribution >= 4 is 87.6 Å². The monoisotopic (exact) mass is 744 g/mol. The van der Waals surface area contributed by atoms with Crippen molar-refractivity contribution in [2.24, 2.45) is 0 Å². The number of fused-ring (bicyclic) bond motifs is 12. The van der Waals surface area contributed by atoms with Crippen LogP contribution in [0.2, 0.25) is 0 Å². The highest BCUT2D eigenvalue weighted by Crippen LogP contribution is 2.40. The van der Waals surface area contributed by atoms with Crippen LogP contribution in [0, 0.1) is 0 Å². The topological polar surface area (TPSA) is 83.0 Å². The van der Waals surface area contributed by atoms with Crippen LogP contribution in [0.3, 0.4) is 0 Å². The van der Waals surface area contributed by atoms with E-state index in [0.717, 1.165) is 99.2 Å². The summed E-state index contributed by atoms with van der Waals surface area (Å²) in [5.41, 5.74) is 10.6. The first-order valence-corrected chi connectivity index (χ1v) is 19.3. The predicted molar refractivity (Wildman–Crippen MR) is 232 cm³/mol. The fourth-order valence-corrected chi connectivity index (χ4v) is 8.83. The zero-order valence-corrected chi connectivity index (χ0v) is 30.7. The predicted octanol–water partition coefficient (Wildman–Crippen LogP) is 13.7. The van der Waals surface area contributed by atoms with E-state index in [0.29, 0.717) is 17.5 Å². The Morgan fingerprint density at radius 3 is 1.43 bits per heavy atom. The molecule has 8 aromatic carbocycles. The molecule has 13 aromatic rings. The molecular weight excluding hydrogens is 717 g/mol. The second-order valence-corrected chi connectivity index (χ2v) is 14.8. The van der Waals surface area contributed by atoms with E-state index >= 15 is 0 Å². The van der Waals surface area contributed by atoms with Crippen LogP contribution in [0.25, 0.3) is 127 Å². The van der Waals surface area contributed by atoms with Gasteiger partial charge in [-0.2, -0.15) is 0 Å². The highest BCUT2D eigenvalue weighted by atomic mass is 16.3. The minimum absolute atomic E-state index is 0.530. The lowest BCUT2D eigenvalue weighted by molar-refractivity contribution is 0.668. The van der Waals surface area contributed by atoms with Crippen molar-refractivity contribution < 1.29 is 13.3 Å². The Labute approximate surface area is 329 Å². The van der Waals surface area contributed by atoms with E-state index in [1.165, 1.54) is 10.8 Å². The van der Waals surface area contributed by atoms with Crippen LogP contribution in [-0.4, -0.2) is 19.5 Å². The summed E-state index contributed by atoms with van der Waals surface area (Å²) in [4.78, 5) is 15.6. The van der Waals surface area contributed by atoms with Gasteiger partial charge in [0, 0.05) is 65.5 Å². The van der Waals surface area contributed by atoms with Gasteiger partial charge in [-0.05, 0) is 72.8 Å². The molecule has 0 aliphatic heterocycles. The Bertz CT molecular complexity index is 3640. The third-order valence-electron chi connectivity index (χ3n) is 11.5. The Balaban J connectivity index is 1.05. The zero-order chi connectivity index (χ0) is 37.9. The van der Waals surface area contributed by atoms with Crippen LogP contribution in [0.5, 0.6) is 0 Å². The summed E-state index contributed by atoms with van der Waals surface area (Å²) in [6.07, 6.45) is 0. The Morgan fingerprint density at radius 1 is 0.328 bits per heavy atom. The standard InChI is InChI=1S/C51H28N4O3/c1-5-15-40-32(10-1)33-11-2-6-16-41(33)55(40)31-22-25-44-39(28-31)48-38(14-9-19-45(48)56-44)51-53-49(29-20-23-36-34-12-3-7-17-42(34)57-46(36)26-29)52-50(54-51)30-21-24-37-35-13-4-8-18-43(35)58-47(37)27-30/h1-28H. The zero-order valence-electron chi connectivity index (χ0n) is 30.7. The van der Waals surface area contributed by atoms with Gasteiger partial charge in [-0.1, -0.05) is 97.1 Å². The molecule has 5 aromatic heterocycles. The number of aromatic nitrogens is 4. The molecule has 7 heteroatoms. The van der Waals surface area contributed by atoms with Gasteiger partial charge in [-0.15, -0.1) is 0 Å². The molecule has 0 aliphatic carbocycles. The van der Waals surface area contributed by atoms with Crippen molar-refractivity contribution in [1.29, 1.82) is 0 Å². The van der Waals surface area contributed by atoms with E-state index in [-0.39, 0.29) is 0 Å². The van der Waals surface area contributed by atoms with Crippen molar-refractivity contribution in [2.45, 2.75) is 0 Å². The van der Waals surface area contributed by atoms with Crippen LogP contribution >= 0.6 is 0 Å². The molecule has 0 fully saturated rings. The average Bonchev–Trinajstić information content (AvgIpc) is 4.04. The maximum Gasteiger partial charge on any atom is 0.164 e. The summed E-state index contributed by atoms with van der Waals surface area (Å²) in [5, 5.41) is 8.55. The Kier molecular flexibility index (Phi) is 6.32. The molecule has 0 unspecified atom stereocenters. The number of hydrogen-bond acceptors (Lipinski definition) is 6. The van der Waals surface area contributed by atoms with E-state index in [1.807, 2.05) is 60.7 Å². The fraction of sp³-hybridized carbons (Fsp3) is 0. The molecule has 0 saturated carbocycles. The van der Waals surface area contributed by atoms with Crippen molar-refractivity contribution in [1.82, 2.24) is 19.5 Å². The second kappa shape index (κ2) is 11.7. The highest BCUT2D eigenvalue weighted by Gasteiger charge is 2.21. The average molecular weight is 745 g/mol. The van der Waals surface area contributed by atoms with Crippen LogP contribution in [-0.2, 0) is 0 Å². The lowest BCUT2D eigenvalue weighted by atomic mass is 10.0. The van der Waals surface area contributed by atoms with Crippen molar-refractivity contribution in [3.05, 3.63) is 170 Å². The quantitative estimate of drug-likeness (QED) is 0.178. The summed E-state index contributed by atoms with van der Waals surface area (Å²) in [6, 6.07) is 58.1. The molecule has 270 valence electrons. The lowest BCUT2D eigenvalue weighted by Gasteiger charge is -2.10. The van der Waals surface area contributed by atoms with Gasteiger partial charge in [0.1, 0.15) is 33.5 Å². The molecule has 7 nitrogen and oxygen atoms in total. The first-order chi connectivity index (χ1) is 28.7. The lowest BCUT2D eigenvalue weighted by Crippen LogP contribution is -2.00. The van der Waals surface area contributed by atoms with E-state index in [4.69, 9.17) is 28.2 Å². The molecule has 0 radical (unpaired) electrons. The summed E-state index contributed by atoms with van der Waals surface area (Å²) in [5.74, 6) is 1.59. The highest BCUT2D eigenvalue weighted by molar-refractivity contribution is 6.14. The number of hydrogen-bond donors (Lipinski definition) is 0.